The maximum atomic E-state index is 5.63. The number of aryl methyl sites for hydroxylation is 1. The van der Waals surface area contributed by atoms with Gasteiger partial charge < -0.3 is 15.0 Å². The third-order valence-corrected chi connectivity index (χ3v) is 4.81. The Balaban J connectivity index is 1.86. The summed E-state index contributed by atoms with van der Waals surface area (Å²) in [7, 11) is 1.79. The quantitative estimate of drug-likeness (QED) is 0.917. The van der Waals surface area contributed by atoms with Crippen LogP contribution in [0.5, 0.6) is 5.75 Å². The van der Waals surface area contributed by atoms with Crippen LogP contribution < -0.4 is 15.0 Å². The Morgan fingerprint density at radius 2 is 2.10 bits per heavy atom. The third-order valence-electron chi connectivity index (χ3n) is 4.81. The Morgan fingerprint density at radius 3 is 2.85 bits per heavy atom. The van der Waals surface area contributed by atoms with E-state index >= 15 is 0 Å². The summed E-state index contributed by atoms with van der Waals surface area (Å²) in [5, 5.41) is 3.46. The van der Waals surface area contributed by atoms with Gasteiger partial charge in [0.2, 0.25) is 0 Å². The Kier molecular flexibility index (Phi) is 4.16. The molecule has 2 heterocycles. The summed E-state index contributed by atoms with van der Waals surface area (Å²) in [6.07, 6.45) is 5.08. The molecule has 3 nitrogen and oxygen atoms in total. The number of hydrogen-bond donors (Lipinski definition) is 1. The predicted molar refractivity (Wildman–Crippen MR) is 83.9 cm³/mol. The first-order chi connectivity index (χ1) is 9.79. The summed E-state index contributed by atoms with van der Waals surface area (Å²) < 4.78 is 5.63. The normalized spacial score (nSPS) is 19.8. The summed E-state index contributed by atoms with van der Waals surface area (Å²) in [6.45, 7) is 6.95. The van der Waals surface area contributed by atoms with Gasteiger partial charge in [-0.05, 0) is 68.8 Å². The Hall–Kier alpha value is -1.22. The van der Waals surface area contributed by atoms with Gasteiger partial charge in [0.05, 0.1) is 12.8 Å². The summed E-state index contributed by atoms with van der Waals surface area (Å²) in [4.78, 5) is 2.58. The van der Waals surface area contributed by atoms with Gasteiger partial charge in [-0.3, -0.25) is 0 Å². The standard InChI is InChI=1S/C17H26N2O/c1-13-5-6-16(20-2)17-15(13)4-3-11-19(17)12-14-7-9-18-10-8-14/h5-6,14,18H,3-4,7-12H2,1-2H3. The molecule has 0 atom stereocenters. The highest BCUT2D eigenvalue weighted by Crippen LogP contribution is 2.38. The van der Waals surface area contributed by atoms with E-state index in [0.29, 0.717) is 0 Å². The van der Waals surface area contributed by atoms with Crippen LogP contribution >= 0.6 is 0 Å². The van der Waals surface area contributed by atoms with Crippen molar-refractivity contribution in [1.82, 2.24) is 5.32 Å². The molecule has 1 saturated heterocycles. The fourth-order valence-electron chi connectivity index (χ4n) is 3.66. The van der Waals surface area contributed by atoms with E-state index in [1.165, 1.54) is 68.7 Å². The van der Waals surface area contributed by atoms with Gasteiger partial charge in [0.15, 0.2) is 0 Å². The predicted octanol–water partition coefficient (Wildman–Crippen LogP) is 2.76. The molecular formula is C17H26N2O. The van der Waals surface area contributed by atoms with Crippen LogP contribution in [0, 0.1) is 12.8 Å². The Bertz CT molecular complexity index is 466. The van der Waals surface area contributed by atoms with E-state index < -0.39 is 0 Å². The minimum absolute atomic E-state index is 0.826. The molecule has 0 aromatic heterocycles. The fourth-order valence-corrected chi connectivity index (χ4v) is 3.66. The number of rotatable bonds is 3. The molecule has 0 saturated carbocycles. The average molecular weight is 274 g/mol. The second-order valence-electron chi connectivity index (χ2n) is 6.15. The summed E-state index contributed by atoms with van der Waals surface area (Å²) in [6, 6.07) is 4.33. The molecule has 0 radical (unpaired) electrons. The molecule has 3 rings (SSSR count). The molecule has 1 N–H and O–H groups in total. The number of piperidine rings is 1. The molecule has 0 bridgehead atoms. The van der Waals surface area contributed by atoms with Gasteiger partial charge in [-0.1, -0.05) is 6.07 Å². The molecule has 0 unspecified atom stereocenters. The van der Waals surface area contributed by atoms with Crippen molar-refractivity contribution in [3.8, 4) is 5.75 Å². The summed E-state index contributed by atoms with van der Waals surface area (Å²) in [5.41, 5.74) is 4.29. The minimum Gasteiger partial charge on any atom is -0.495 e. The number of ether oxygens (including phenoxy) is 1. The first-order valence-electron chi connectivity index (χ1n) is 7.91. The van der Waals surface area contributed by atoms with Crippen molar-refractivity contribution < 1.29 is 4.74 Å². The van der Waals surface area contributed by atoms with Gasteiger partial charge in [-0.25, -0.2) is 0 Å². The smallest absolute Gasteiger partial charge is 0.142 e. The van der Waals surface area contributed by atoms with Crippen LogP contribution in [0.15, 0.2) is 12.1 Å². The third kappa shape index (κ3) is 2.64. The van der Waals surface area contributed by atoms with E-state index in [0.717, 1.165) is 11.7 Å². The van der Waals surface area contributed by atoms with Crippen LogP contribution in [0.1, 0.15) is 30.4 Å². The van der Waals surface area contributed by atoms with Crippen LogP contribution in [-0.2, 0) is 6.42 Å². The van der Waals surface area contributed by atoms with Gasteiger partial charge in [-0.2, -0.15) is 0 Å². The lowest BCUT2D eigenvalue weighted by molar-refractivity contribution is 0.367. The van der Waals surface area contributed by atoms with Crippen molar-refractivity contribution in [2.45, 2.75) is 32.6 Å². The van der Waals surface area contributed by atoms with Gasteiger partial charge >= 0.3 is 0 Å². The number of nitrogens with zero attached hydrogens (tertiary/aromatic N) is 1. The van der Waals surface area contributed by atoms with E-state index in [-0.39, 0.29) is 0 Å². The summed E-state index contributed by atoms with van der Waals surface area (Å²) in [5.74, 6) is 1.88. The van der Waals surface area contributed by atoms with E-state index in [1.54, 1.807) is 7.11 Å². The lowest BCUT2D eigenvalue weighted by Crippen LogP contribution is -2.38. The molecule has 2 aliphatic heterocycles. The lowest BCUT2D eigenvalue weighted by Gasteiger charge is -2.37. The highest BCUT2D eigenvalue weighted by atomic mass is 16.5. The van der Waals surface area contributed by atoms with Crippen LogP contribution in [0.4, 0.5) is 5.69 Å². The van der Waals surface area contributed by atoms with E-state index in [1.807, 2.05) is 0 Å². The number of nitrogens with one attached hydrogen (secondary N) is 1. The average Bonchev–Trinajstić information content (AvgIpc) is 2.49. The van der Waals surface area contributed by atoms with Crippen molar-refractivity contribution >= 4 is 5.69 Å². The molecule has 1 aromatic carbocycles. The van der Waals surface area contributed by atoms with E-state index in [9.17, 15) is 0 Å². The zero-order chi connectivity index (χ0) is 13.9. The fraction of sp³-hybridized carbons (Fsp3) is 0.647. The van der Waals surface area contributed by atoms with Crippen LogP contribution in [0.25, 0.3) is 0 Å². The molecule has 1 aromatic rings. The van der Waals surface area contributed by atoms with Gasteiger partial charge in [0.25, 0.3) is 0 Å². The molecule has 0 spiro atoms. The van der Waals surface area contributed by atoms with Gasteiger partial charge in [-0.15, -0.1) is 0 Å². The topological polar surface area (TPSA) is 24.5 Å². The number of benzene rings is 1. The molecule has 3 heteroatoms. The van der Waals surface area contributed by atoms with Gasteiger partial charge in [0.1, 0.15) is 5.75 Å². The van der Waals surface area contributed by atoms with Crippen molar-refractivity contribution in [1.29, 1.82) is 0 Å². The number of hydrogen-bond acceptors (Lipinski definition) is 3. The van der Waals surface area contributed by atoms with Crippen molar-refractivity contribution in [3.05, 3.63) is 23.3 Å². The first kappa shape index (κ1) is 13.7. The van der Waals surface area contributed by atoms with Crippen LogP contribution in [0.2, 0.25) is 0 Å². The SMILES string of the molecule is COc1ccc(C)c2c1N(CC1CCNCC1)CCC2. The van der Waals surface area contributed by atoms with Crippen molar-refractivity contribution in [2.24, 2.45) is 5.92 Å². The number of methoxy groups -OCH3 is 1. The molecule has 1 fully saturated rings. The highest BCUT2D eigenvalue weighted by Gasteiger charge is 2.25. The van der Waals surface area contributed by atoms with Crippen LogP contribution in [-0.4, -0.2) is 33.3 Å². The van der Waals surface area contributed by atoms with Crippen molar-refractivity contribution in [2.75, 3.05) is 38.2 Å². The second-order valence-corrected chi connectivity index (χ2v) is 6.15. The van der Waals surface area contributed by atoms with Crippen molar-refractivity contribution in [3.63, 3.8) is 0 Å². The maximum absolute atomic E-state index is 5.63. The highest BCUT2D eigenvalue weighted by molar-refractivity contribution is 5.67. The molecular weight excluding hydrogens is 248 g/mol. The molecule has 0 aliphatic carbocycles. The zero-order valence-electron chi connectivity index (χ0n) is 12.7. The lowest BCUT2D eigenvalue weighted by atomic mass is 9.93. The Labute approximate surface area is 122 Å². The zero-order valence-corrected chi connectivity index (χ0v) is 12.7. The first-order valence-corrected chi connectivity index (χ1v) is 7.91. The monoisotopic (exact) mass is 274 g/mol. The van der Waals surface area contributed by atoms with E-state index in [4.69, 9.17) is 4.74 Å². The molecule has 2 aliphatic rings. The van der Waals surface area contributed by atoms with Gasteiger partial charge in [0, 0.05) is 13.1 Å². The molecule has 20 heavy (non-hydrogen) atoms. The summed E-state index contributed by atoms with van der Waals surface area (Å²) >= 11 is 0. The minimum atomic E-state index is 0.826. The molecule has 110 valence electrons. The van der Waals surface area contributed by atoms with Crippen LogP contribution in [0.3, 0.4) is 0 Å². The largest absolute Gasteiger partial charge is 0.495 e. The number of fused-ring (bicyclic) bond motifs is 1. The molecule has 0 amide bonds. The number of anilines is 1. The maximum Gasteiger partial charge on any atom is 0.142 e. The Morgan fingerprint density at radius 1 is 1.30 bits per heavy atom. The van der Waals surface area contributed by atoms with E-state index in [2.05, 4.69) is 29.3 Å². The second kappa shape index (κ2) is 6.04.